The van der Waals surface area contributed by atoms with Gasteiger partial charge < -0.3 is 29.2 Å². The summed E-state index contributed by atoms with van der Waals surface area (Å²) >= 11 is 0. The Morgan fingerprint density at radius 1 is 0.750 bits per heavy atom. The SMILES string of the molecule is COc1ccc(C(O)(c2ccc(OC)c(OC)c2)C(C)C(C)CO)cc1OC. The van der Waals surface area contributed by atoms with E-state index in [0.29, 0.717) is 34.1 Å². The van der Waals surface area contributed by atoms with Gasteiger partial charge in [0.05, 0.1) is 28.4 Å². The van der Waals surface area contributed by atoms with Crippen molar-refractivity contribution in [3.63, 3.8) is 0 Å². The van der Waals surface area contributed by atoms with E-state index in [9.17, 15) is 10.2 Å². The average molecular weight is 390 g/mol. The lowest BCUT2D eigenvalue weighted by Gasteiger charge is -2.38. The molecule has 0 aromatic heterocycles. The van der Waals surface area contributed by atoms with Crippen LogP contribution < -0.4 is 18.9 Å². The van der Waals surface area contributed by atoms with E-state index in [-0.39, 0.29) is 18.4 Å². The molecule has 2 unspecified atom stereocenters. The smallest absolute Gasteiger partial charge is 0.161 e. The maximum Gasteiger partial charge on any atom is 0.161 e. The molecule has 154 valence electrons. The molecule has 0 saturated carbocycles. The Labute approximate surface area is 166 Å². The first kappa shape index (κ1) is 21.9. The van der Waals surface area contributed by atoms with Crippen LogP contribution in [0.15, 0.2) is 36.4 Å². The highest BCUT2D eigenvalue weighted by atomic mass is 16.5. The van der Waals surface area contributed by atoms with E-state index >= 15 is 0 Å². The topological polar surface area (TPSA) is 77.4 Å². The van der Waals surface area contributed by atoms with Gasteiger partial charge in [0.2, 0.25) is 0 Å². The molecule has 0 heterocycles. The van der Waals surface area contributed by atoms with E-state index in [1.807, 2.05) is 13.8 Å². The van der Waals surface area contributed by atoms with Crippen LogP contribution in [0.3, 0.4) is 0 Å². The van der Waals surface area contributed by atoms with Gasteiger partial charge in [-0.25, -0.2) is 0 Å². The summed E-state index contributed by atoms with van der Waals surface area (Å²) in [5.41, 5.74) is -0.142. The number of methoxy groups -OCH3 is 4. The lowest BCUT2D eigenvalue weighted by molar-refractivity contribution is -0.0118. The molecule has 2 N–H and O–H groups in total. The fourth-order valence-electron chi connectivity index (χ4n) is 3.41. The first-order chi connectivity index (χ1) is 13.4. The molecule has 0 saturated heterocycles. The number of benzene rings is 2. The van der Waals surface area contributed by atoms with Crippen LogP contribution in [0.2, 0.25) is 0 Å². The van der Waals surface area contributed by atoms with Crippen molar-refractivity contribution in [3.8, 4) is 23.0 Å². The number of hydrogen-bond donors (Lipinski definition) is 2. The highest BCUT2D eigenvalue weighted by Crippen LogP contribution is 2.45. The van der Waals surface area contributed by atoms with E-state index < -0.39 is 5.60 Å². The third kappa shape index (κ3) is 3.88. The number of rotatable bonds is 9. The standard InChI is InChI=1S/C22H30O6/c1-14(13-23)15(2)22(24,16-7-9-18(25-3)20(11-16)27-5)17-8-10-19(26-4)21(12-17)28-6/h7-12,14-15,23-24H,13H2,1-6H3. The second kappa shape index (κ2) is 9.17. The number of hydrogen-bond acceptors (Lipinski definition) is 6. The monoisotopic (exact) mass is 390 g/mol. The first-order valence-electron chi connectivity index (χ1n) is 9.15. The summed E-state index contributed by atoms with van der Waals surface area (Å²) in [6.07, 6.45) is 0. The molecule has 0 radical (unpaired) electrons. The van der Waals surface area contributed by atoms with E-state index in [1.54, 1.807) is 64.8 Å². The maximum atomic E-state index is 12.0. The Morgan fingerprint density at radius 3 is 1.46 bits per heavy atom. The molecule has 0 spiro atoms. The molecular weight excluding hydrogens is 360 g/mol. The third-order valence-corrected chi connectivity index (χ3v) is 5.45. The van der Waals surface area contributed by atoms with Crippen molar-refractivity contribution < 1.29 is 29.2 Å². The van der Waals surface area contributed by atoms with Crippen LogP contribution in [0.4, 0.5) is 0 Å². The predicted molar refractivity (Wildman–Crippen MR) is 108 cm³/mol. The van der Waals surface area contributed by atoms with Crippen LogP contribution in [0.5, 0.6) is 23.0 Å². The quantitative estimate of drug-likeness (QED) is 0.685. The minimum atomic E-state index is -1.40. The summed E-state index contributed by atoms with van der Waals surface area (Å²) in [6.45, 7) is 3.76. The molecule has 2 atom stereocenters. The van der Waals surface area contributed by atoms with Gasteiger partial charge in [-0.2, -0.15) is 0 Å². The normalized spacial score (nSPS) is 13.6. The van der Waals surface area contributed by atoms with Crippen molar-refractivity contribution in [2.24, 2.45) is 11.8 Å². The van der Waals surface area contributed by atoms with Crippen molar-refractivity contribution in [2.75, 3.05) is 35.0 Å². The molecule has 2 aromatic carbocycles. The van der Waals surface area contributed by atoms with Crippen LogP contribution in [0.25, 0.3) is 0 Å². The van der Waals surface area contributed by atoms with E-state index in [2.05, 4.69) is 0 Å². The maximum absolute atomic E-state index is 12.0. The Balaban J connectivity index is 2.71. The largest absolute Gasteiger partial charge is 0.493 e. The molecule has 0 aliphatic carbocycles. The van der Waals surface area contributed by atoms with E-state index in [1.165, 1.54) is 0 Å². The van der Waals surface area contributed by atoms with Crippen LogP contribution in [-0.4, -0.2) is 45.3 Å². The second-order valence-corrected chi connectivity index (χ2v) is 6.85. The molecule has 0 amide bonds. The molecule has 0 aliphatic heterocycles. The molecule has 6 nitrogen and oxygen atoms in total. The first-order valence-corrected chi connectivity index (χ1v) is 9.15. The van der Waals surface area contributed by atoms with Gasteiger partial charge in [0.15, 0.2) is 23.0 Å². The molecule has 6 heteroatoms. The summed E-state index contributed by atoms with van der Waals surface area (Å²) in [5, 5.41) is 21.7. The summed E-state index contributed by atoms with van der Waals surface area (Å²) in [5.74, 6) is 1.71. The number of aliphatic hydroxyl groups is 2. The molecule has 2 aromatic rings. The molecule has 0 bridgehead atoms. The summed E-state index contributed by atoms with van der Waals surface area (Å²) in [4.78, 5) is 0. The minimum Gasteiger partial charge on any atom is -0.493 e. The van der Waals surface area contributed by atoms with Crippen LogP contribution in [0.1, 0.15) is 25.0 Å². The average Bonchev–Trinajstić information content (AvgIpc) is 2.76. The molecule has 2 rings (SSSR count). The summed E-state index contributed by atoms with van der Waals surface area (Å²) in [7, 11) is 6.23. The van der Waals surface area contributed by atoms with E-state index in [4.69, 9.17) is 18.9 Å². The fourth-order valence-corrected chi connectivity index (χ4v) is 3.41. The van der Waals surface area contributed by atoms with Crippen LogP contribution >= 0.6 is 0 Å². The molecule has 0 fully saturated rings. The zero-order chi connectivity index (χ0) is 20.9. The minimum absolute atomic E-state index is 0.0515. The van der Waals surface area contributed by atoms with Crippen molar-refractivity contribution in [1.82, 2.24) is 0 Å². The third-order valence-electron chi connectivity index (χ3n) is 5.45. The number of ether oxygens (including phenoxy) is 4. The van der Waals surface area contributed by atoms with Crippen LogP contribution in [0, 0.1) is 11.8 Å². The summed E-state index contributed by atoms with van der Waals surface area (Å²) < 4.78 is 21.5. The Morgan fingerprint density at radius 2 is 1.14 bits per heavy atom. The Bertz CT molecular complexity index is 733. The molecular formula is C22H30O6. The zero-order valence-corrected chi connectivity index (χ0v) is 17.4. The van der Waals surface area contributed by atoms with Crippen molar-refractivity contribution >= 4 is 0 Å². The van der Waals surface area contributed by atoms with Gasteiger partial charge in [-0.3, -0.25) is 0 Å². The zero-order valence-electron chi connectivity index (χ0n) is 17.4. The summed E-state index contributed by atoms with van der Waals surface area (Å²) in [6, 6.07) is 10.6. The van der Waals surface area contributed by atoms with Crippen molar-refractivity contribution in [1.29, 1.82) is 0 Å². The second-order valence-electron chi connectivity index (χ2n) is 6.85. The predicted octanol–water partition coefficient (Wildman–Crippen LogP) is 3.22. The lowest BCUT2D eigenvalue weighted by Crippen LogP contribution is -2.39. The van der Waals surface area contributed by atoms with Crippen molar-refractivity contribution in [2.45, 2.75) is 19.4 Å². The lowest BCUT2D eigenvalue weighted by atomic mass is 9.72. The Hall–Kier alpha value is -2.44. The Kier molecular flexibility index (Phi) is 7.16. The fraction of sp³-hybridized carbons (Fsp3) is 0.455. The van der Waals surface area contributed by atoms with Crippen molar-refractivity contribution in [3.05, 3.63) is 47.5 Å². The molecule has 28 heavy (non-hydrogen) atoms. The van der Waals surface area contributed by atoms with Gasteiger partial charge in [0.1, 0.15) is 5.60 Å². The molecule has 0 aliphatic rings. The van der Waals surface area contributed by atoms with Gasteiger partial charge in [-0.05, 0) is 47.2 Å². The van der Waals surface area contributed by atoms with Gasteiger partial charge in [-0.15, -0.1) is 0 Å². The highest BCUT2D eigenvalue weighted by molar-refractivity contribution is 5.51. The number of aliphatic hydroxyl groups excluding tert-OH is 1. The van der Waals surface area contributed by atoms with Gasteiger partial charge in [0.25, 0.3) is 0 Å². The highest BCUT2D eigenvalue weighted by Gasteiger charge is 2.41. The van der Waals surface area contributed by atoms with Gasteiger partial charge in [0, 0.05) is 6.61 Å². The van der Waals surface area contributed by atoms with E-state index in [0.717, 1.165) is 0 Å². The van der Waals surface area contributed by atoms with Crippen LogP contribution in [-0.2, 0) is 5.60 Å². The van der Waals surface area contributed by atoms with Gasteiger partial charge >= 0.3 is 0 Å². The van der Waals surface area contributed by atoms with Gasteiger partial charge in [-0.1, -0.05) is 26.0 Å².